The first-order valence-electron chi connectivity index (χ1n) is 10.6. The SMILES string of the molecule is O=C(Nc1ccccc1SC1CCCC1)c1cccc(S(=O)(=O)NC2CCS(=O)(=O)C2)c1. The molecular weight excluding hydrogens is 468 g/mol. The van der Waals surface area contributed by atoms with Crippen LogP contribution in [-0.2, 0) is 19.9 Å². The molecule has 10 heteroatoms. The highest BCUT2D eigenvalue weighted by molar-refractivity contribution is 8.00. The minimum atomic E-state index is -3.95. The lowest BCUT2D eigenvalue weighted by molar-refractivity contribution is 0.102. The van der Waals surface area contributed by atoms with Crippen LogP contribution in [0.3, 0.4) is 0 Å². The lowest BCUT2D eigenvalue weighted by Gasteiger charge is -2.15. The van der Waals surface area contributed by atoms with Crippen molar-refractivity contribution in [3.8, 4) is 0 Å². The van der Waals surface area contributed by atoms with Crippen molar-refractivity contribution in [1.82, 2.24) is 4.72 Å². The van der Waals surface area contributed by atoms with E-state index in [-0.39, 0.29) is 28.4 Å². The highest BCUT2D eigenvalue weighted by atomic mass is 32.2. The first-order valence-corrected chi connectivity index (χ1v) is 14.8. The van der Waals surface area contributed by atoms with Gasteiger partial charge in [-0.2, -0.15) is 0 Å². The van der Waals surface area contributed by atoms with E-state index in [0.717, 1.165) is 4.90 Å². The van der Waals surface area contributed by atoms with Gasteiger partial charge in [-0.15, -0.1) is 11.8 Å². The predicted octanol–water partition coefficient (Wildman–Crippen LogP) is 3.44. The van der Waals surface area contributed by atoms with Crippen molar-refractivity contribution in [3.05, 3.63) is 54.1 Å². The number of hydrogen-bond acceptors (Lipinski definition) is 6. The minimum Gasteiger partial charge on any atom is -0.321 e. The first kappa shape index (κ1) is 23.3. The molecule has 2 aromatic carbocycles. The van der Waals surface area contributed by atoms with Crippen molar-refractivity contribution in [2.75, 3.05) is 16.8 Å². The lowest BCUT2D eigenvalue weighted by atomic mass is 10.2. The molecule has 1 atom stereocenters. The van der Waals surface area contributed by atoms with Gasteiger partial charge in [-0.1, -0.05) is 31.0 Å². The molecule has 1 saturated heterocycles. The third-order valence-corrected chi connectivity index (χ3v) is 10.4. The molecule has 1 amide bonds. The number of para-hydroxylation sites is 1. The summed E-state index contributed by atoms with van der Waals surface area (Å²) in [6.07, 6.45) is 5.05. The van der Waals surface area contributed by atoms with Gasteiger partial charge in [0.15, 0.2) is 9.84 Å². The van der Waals surface area contributed by atoms with Crippen molar-refractivity contribution >= 4 is 43.2 Å². The van der Waals surface area contributed by atoms with Crippen LogP contribution in [-0.4, -0.2) is 45.5 Å². The maximum Gasteiger partial charge on any atom is 0.255 e. The van der Waals surface area contributed by atoms with E-state index in [0.29, 0.717) is 10.9 Å². The third-order valence-electron chi connectivity index (χ3n) is 5.69. The number of thioether (sulfide) groups is 1. The number of carbonyl (C=O) groups is 1. The van der Waals surface area contributed by atoms with Crippen molar-refractivity contribution < 1.29 is 21.6 Å². The van der Waals surface area contributed by atoms with E-state index in [2.05, 4.69) is 10.0 Å². The molecule has 2 N–H and O–H groups in total. The monoisotopic (exact) mass is 494 g/mol. The highest BCUT2D eigenvalue weighted by Crippen LogP contribution is 2.38. The van der Waals surface area contributed by atoms with Gasteiger partial charge in [0.25, 0.3) is 5.91 Å². The molecule has 1 unspecified atom stereocenters. The number of anilines is 1. The Morgan fingerprint density at radius 1 is 1.00 bits per heavy atom. The molecule has 1 heterocycles. The molecule has 7 nitrogen and oxygen atoms in total. The first-order chi connectivity index (χ1) is 15.2. The summed E-state index contributed by atoms with van der Waals surface area (Å²) in [7, 11) is -7.16. The summed E-state index contributed by atoms with van der Waals surface area (Å²) in [5, 5.41) is 3.46. The van der Waals surface area contributed by atoms with E-state index in [1.807, 2.05) is 24.3 Å². The highest BCUT2D eigenvalue weighted by Gasteiger charge is 2.31. The van der Waals surface area contributed by atoms with E-state index in [1.54, 1.807) is 17.8 Å². The van der Waals surface area contributed by atoms with Gasteiger partial charge in [0.2, 0.25) is 10.0 Å². The van der Waals surface area contributed by atoms with Crippen LogP contribution < -0.4 is 10.0 Å². The van der Waals surface area contributed by atoms with Gasteiger partial charge < -0.3 is 5.32 Å². The second-order valence-corrected chi connectivity index (χ2v) is 13.5. The fraction of sp³-hybridized carbons (Fsp3) is 0.409. The molecule has 32 heavy (non-hydrogen) atoms. The lowest BCUT2D eigenvalue weighted by Crippen LogP contribution is -2.35. The van der Waals surface area contributed by atoms with E-state index >= 15 is 0 Å². The van der Waals surface area contributed by atoms with Crippen LogP contribution in [0.2, 0.25) is 0 Å². The second-order valence-electron chi connectivity index (χ2n) is 8.22. The van der Waals surface area contributed by atoms with Gasteiger partial charge in [0.1, 0.15) is 0 Å². The Morgan fingerprint density at radius 3 is 2.47 bits per heavy atom. The van der Waals surface area contributed by atoms with Crippen molar-refractivity contribution in [1.29, 1.82) is 0 Å². The summed E-state index contributed by atoms with van der Waals surface area (Å²) in [6, 6.07) is 12.7. The molecule has 2 fully saturated rings. The van der Waals surface area contributed by atoms with Crippen LogP contribution in [0.4, 0.5) is 5.69 Å². The number of nitrogens with one attached hydrogen (secondary N) is 2. The summed E-state index contributed by atoms with van der Waals surface area (Å²) in [6.45, 7) is 0. The molecule has 1 aliphatic heterocycles. The van der Waals surface area contributed by atoms with E-state index in [4.69, 9.17) is 0 Å². The predicted molar refractivity (Wildman–Crippen MR) is 126 cm³/mol. The molecule has 0 aromatic heterocycles. The third kappa shape index (κ3) is 5.72. The molecule has 1 aliphatic carbocycles. The molecule has 4 rings (SSSR count). The Morgan fingerprint density at radius 2 is 1.75 bits per heavy atom. The van der Waals surface area contributed by atoms with Crippen LogP contribution in [0.25, 0.3) is 0 Å². The minimum absolute atomic E-state index is 0.0269. The fourth-order valence-corrected chi connectivity index (χ4v) is 8.46. The quantitative estimate of drug-likeness (QED) is 0.610. The Labute approximate surface area is 193 Å². The van der Waals surface area contributed by atoms with Crippen molar-refractivity contribution in [2.45, 2.75) is 53.2 Å². The summed E-state index contributed by atoms with van der Waals surface area (Å²) in [5.74, 6) is -0.632. The topological polar surface area (TPSA) is 109 Å². The van der Waals surface area contributed by atoms with Gasteiger partial charge >= 0.3 is 0 Å². The number of sulfonamides is 1. The molecule has 1 saturated carbocycles. The van der Waals surface area contributed by atoms with Crippen LogP contribution in [0.15, 0.2) is 58.3 Å². The zero-order valence-electron chi connectivity index (χ0n) is 17.5. The maximum absolute atomic E-state index is 12.9. The summed E-state index contributed by atoms with van der Waals surface area (Å²) >= 11 is 1.77. The zero-order chi connectivity index (χ0) is 22.8. The second kappa shape index (κ2) is 9.54. The number of amides is 1. The molecule has 0 bridgehead atoms. The van der Waals surface area contributed by atoms with E-state index in [1.165, 1.54) is 43.9 Å². The van der Waals surface area contributed by atoms with Gasteiger partial charge in [-0.25, -0.2) is 21.6 Å². The van der Waals surface area contributed by atoms with E-state index < -0.39 is 31.8 Å². The normalized spacial score (nSPS) is 20.9. The zero-order valence-corrected chi connectivity index (χ0v) is 19.9. The van der Waals surface area contributed by atoms with Crippen molar-refractivity contribution in [2.24, 2.45) is 0 Å². The smallest absolute Gasteiger partial charge is 0.255 e. The number of sulfone groups is 1. The van der Waals surface area contributed by atoms with Crippen LogP contribution in [0.1, 0.15) is 42.5 Å². The average molecular weight is 495 g/mol. The molecule has 2 aromatic rings. The Bertz CT molecular complexity index is 1210. The molecule has 0 spiro atoms. The molecule has 172 valence electrons. The molecule has 0 radical (unpaired) electrons. The maximum atomic E-state index is 12.9. The number of carbonyl (C=O) groups excluding carboxylic acids is 1. The number of hydrogen-bond donors (Lipinski definition) is 2. The van der Waals surface area contributed by atoms with Gasteiger partial charge in [-0.05, 0) is 49.6 Å². The standard InChI is InChI=1S/C22H26N2O5S3/c25-22(23-20-10-3-4-11-21(20)30-18-7-1-2-8-18)16-6-5-9-19(14-16)32(28,29)24-17-12-13-31(26,27)15-17/h3-6,9-11,14,17-18,24H,1-2,7-8,12-13,15H2,(H,23,25). The Kier molecular flexibility index (Phi) is 6.94. The summed E-state index contributed by atoms with van der Waals surface area (Å²) < 4.78 is 51.2. The number of rotatable bonds is 7. The molecule has 2 aliphatic rings. The van der Waals surface area contributed by atoms with Crippen LogP contribution in [0.5, 0.6) is 0 Å². The van der Waals surface area contributed by atoms with Crippen molar-refractivity contribution in [3.63, 3.8) is 0 Å². The van der Waals surface area contributed by atoms with Gasteiger partial charge in [0, 0.05) is 21.8 Å². The van der Waals surface area contributed by atoms with Gasteiger partial charge in [-0.3, -0.25) is 4.79 Å². The van der Waals surface area contributed by atoms with Crippen LogP contribution in [0, 0.1) is 0 Å². The summed E-state index contributed by atoms with van der Waals surface area (Å²) in [5.41, 5.74) is 0.921. The Balaban J connectivity index is 1.48. The van der Waals surface area contributed by atoms with Gasteiger partial charge in [0.05, 0.1) is 22.1 Å². The largest absolute Gasteiger partial charge is 0.321 e. The van der Waals surface area contributed by atoms with E-state index in [9.17, 15) is 21.6 Å². The summed E-state index contributed by atoms with van der Waals surface area (Å²) in [4.78, 5) is 13.8. The Hall–Kier alpha value is -1.88. The average Bonchev–Trinajstić information content (AvgIpc) is 3.38. The number of benzene rings is 2. The fourth-order valence-electron chi connectivity index (χ4n) is 4.03. The van der Waals surface area contributed by atoms with Crippen LogP contribution >= 0.6 is 11.8 Å². The molecular formula is C22H26N2O5S3.